The van der Waals surface area contributed by atoms with Gasteiger partial charge < -0.3 is 5.73 Å². The van der Waals surface area contributed by atoms with Gasteiger partial charge in [0.25, 0.3) is 0 Å². The topological polar surface area (TPSA) is 97.5 Å². The number of benzene rings is 1. The summed E-state index contributed by atoms with van der Waals surface area (Å²) in [5.74, 6) is -0.0159. The summed E-state index contributed by atoms with van der Waals surface area (Å²) in [5, 5.41) is 0. The molecule has 6 nitrogen and oxygen atoms in total. The van der Waals surface area contributed by atoms with Crippen molar-refractivity contribution < 1.29 is 16.8 Å². The third-order valence-electron chi connectivity index (χ3n) is 4.27. The number of nitrogens with two attached hydrogens (primary N) is 1. The molecule has 2 rings (SSSR count). The highest BCUT2D eigenvalue weighted by atomic mass is 32.2. The normalized spacial score (nSPS) is 22.0. The second kappa shape index (κ2) is 6.88. The zero-order valence-corrected chi connectivity index (χ0v) is 15.1. The van der Waals surface area contributed by atoms with E-state index in [2.05, 4.69) is 0 Å². The Kier molecular flexibility index (Phi) is 5.50. The Morgan fingerprint density at radius 2 is 1.70 bits per heavy atom. The summed E-state index contributed by atoms with van der Waals surface area (Å²) in [4.78, 5) is 0.251. The smallest absolute Gasteiger partial charge is 0.243 e. The first-order valence-electron chi connectivity index (χ1n) is 7.80. The summed E-state index contributed by atoms with van der Waals surface area (Å²) in [6.07, 6.45) is 2.52. The summed E-state index contributed by atoms with van der Waals surface area (Å²) < 4.78 is 50.8. The SMILES string of the molecule is CCS(=O)(=O)c1ccc(S(=O)(=O)N2CCCC[C@H]2[C@H](C)N)cc1. The number of piperidine rings is 1. The van der Waals surface area contributed by atoms with Crippen LogP contribution in [0.2, 0.25) is 0 Å². The fourth-order valence-electron chi connectivity index (χ4n) is 2.88. The van der Waals surface area contributed by atoms with Gasteiger partial charge in [-0.25, -0.2) is 16.8 Å². The summed E-state index contributed by atoms with van der Waals surface area (Å²) in [5.41, 5.74) is 5.95. The molecule has 0 aliphatic carbocycles. The Balaban J connectivity index is 2.36. The van der Waals surface area contributed by atoms with Gasteiger partial charge in [-0.2, -0.15) is 4.31 Å². The quantitative estimate of drug-likeness (QED) is 0.855. The first-order valence-corrected chi connectivity index (χ1v) is 10.9. The van der Waals surface area contributed by atoms with Crippen molar-refractivity contribution in [1.29, 1.82) is 0 Å². The van der Waals surface area contributed by atoms with E-state index in [1.54, 1.807) is 6.92 Å². The second-order valence-electron chi connectivity index (χ2n) is 5.91. The zero-order valence-electron chi connectivity index (χ0n) is 13.5. The summed E-state index contributed by atoms with van der Waals surface area (Å²) in [7, 11) is -7.00. The predicted octanol–water partition coefficient (Wildman–Crippen LogP) is 1.37. The third-order valence-corrected chi connectivity index (χ3v) is 7.96. The van der Waals surface area contributed by atoms with Crippen LogP contribution in [0, 0.1) is 0 Å². The van der Waals surface area contributed by atoms with E-state index in [0.717, 1.165) is 19.3 Å². The van der Waals surface area contributed by atoms with Crippen molar-refractivity contribution >= 4 is 19.9 Å². The van der Waals surface area contributed by atoms with Crippen LogP contribution < -0.4 is 5.73 Å². The van der Waals surface area contributed by atoms with Crippen LogP contribution in [0.4, 0.5) is 0 Å². The molecule has 1 aromatic carbocycles. The molecular formula is C15H24N2O4S2. The lowest BCUT2D eigenvalue weighted by Gasteiger charge is -2.36. The van der Waals surface area contributed by atoms with E-state index in [1.165, 1.54) is 28.6 Å². The first-order chi connectivity index (χ1) is 10.7. The minimum Gasteiger partial charge on any atom is -0.326 e. The van der Waals surface area contributed by atoms with Crippen LogP contribution in [0.3, 0.4) is 0 Å². The maximum atomic E-state index is 12.9. The van der Waals surface area contributed by atoms with Gasteiger partial charge in [0.2, 0.25) is 10.0 Å². The van der Waals surface area contributed by atoms with E-state index >= 15 is 0 Å². The number of sulfonamides is 1. The second-order valence-corrected chi connectivity index (χ2v) is 10.1. The molecule has 0 bridgehead atoms. The molecule has 2 atom stereocenters. The maximum Gasteiger partial charge on any atom is 0.243 e. The molecular weight excluding hydrogens is 336 g/mol. The highest BCUT2D eigenvalue weighted by Gasteiger charge is 2.35. The van der Waals surface area contributed by atoms with E-state index in [0.29, 0.717) is 6.54 Å². The van der Waals surface area contributed by atoms with Crippen LogP contribution in [0.5, 0.6) is 0 Å². The number of rotatable bonds is 5. The van der Waals surface area contributed by atoms with Gasteiger partial charge in [0.15, 0.2) is 9.84 Å². The predicted molar refractivity (Wildman–Crippen MR) is 89.3 cm³/mol. The van der Waals surface area contributed by atoms with Gasteiger partial charge in [0, 0.05) is 18.6 Å². The lowest BCUT2D eigenvalue weighted by Crippen LogP contribution is -2.51. The molecule has 2 N–H and O–H groups in total. The van der Waals surface area contributed by atoms with Crippen LogP contribution >= 0.6 is 0 Å². The number of hydrogen-bond donors (Lipinski definition) is 1. The summed E-state index contributed by atoms with van der Waals surface area (Å²) in [6.45, 7) is 3.82. The van der Waals surface area contributed by atoms with E-state index in [1.807, 2.05) is 6.92 Å². The highest BCUT2D eigenvalue weighted by molar-refractivity contribution is 7.91. The zero-order chi connectivity index (χ0) is 17.3. The van der Waals surface area contributed by atoms with Crippen molar-refractivity contribution in [3.8, 4) is 0 Å². The Morgan fingerprint density at radius 1 is 1.13 bits per heavy atom. The lowest BCUT2D eigenvalue weighted by molar-refractivity contribution is 0.227. The molecule has 0 spiro atoms. The summed E-state index contributed by atoms with van der Waals surface area (Å²) in [6, 6.07) is 4.99. The largest absolute Gasteiger partial charge is 0.326 e. The van der Waals surface area contributed by atoms with Crippen LogP contribution in [0.15, 0.2) is 34.1 Å². The van der Waals surface area contributed by atoms with Gasteiger partial charge >= 0.3 is 0 Å². The summed E-state index contributed by atoms with van der Waals surface area (Å²) >= 11 is 0. The van der Waals surface area contributed by atoms with Crippen molar-refractivity contribution in [2.24, 2.45) is 5.73 Å². The van der Waals surface area contributed by atoms with E-state index < -0.39 is 19.9 Å². The van der Waals surface area contributed by atoms with Gasteiger partial charge in [0.1, 0.15) is 0 Å². The van der Waals surface area contributed by atoms with Crippen molar-refractivity contribution in [2.45, 2.75) is 55.0 Å². The first kappa shape index (κ1) is 18.4. The minimum absolute atomic E-state index is 0.0159. The van der Waals surface area contributed by atoms with Gasteiger partial charge in [0.05, 0.1) is 15.5 Å². The minimum atomic E-state index is -3.67. The van der Waals surface area contributed by atoms with E-state index in [9.17, 15) is 16.8 Å². The van der Waals surface area contributed by atoms with E-state index in [4.69, 9.17) is 5.73 Å². The Labute approximate surface area is 138 Å². The van der Waals surface area contributed by atoms with Crippen LogP contribution in [-0.2, 0) is 19.9 Å². The fraction of sp³-hybridized carbons (Fsp3) is 0.600. The molecule has 1 aliphatic heterocycles. The molecule has 23 heavy (non-hydrogen) atoms. The van der Waals surface area contributed by atoms with Crippen LogP contribution in [0.1, 0.15) is 33.1 Å². The standard InChI is InChI=1S/C15H24N2O4S2/c1-3-22(18,19)13-7-9-14(10-8-13)23(20,21)17-11-5-4-6-15(17)12(2)16/h7-10,12,15H,3-6,11,16H2,1-2H3/t12-,15-/m0/s1. The molecule has 1 heterocycles. The van der Waals surface area contributed by atoms with E-state index in [-0.39, 0.29) is 27.6 Å². The van der Waals surface area contributed by atoms with Crippen LogP contribution in [-0.4, -0.2) is 45.5 Å². The molecule has 1 saturated heterocycles. The van der Waals surface area contributed by atoms with Gasteiger partial charge in [-0.3, -0.25) is 0 Å². The molecule has 8 heteroatoms. The molecule has 0 radical (unpaired) electrons. The molecule has 0 unspecified atom stereocenters. The van der Waals surface area contributed by atoms with Crippen molar-refractivity contribution in [2.75, 3.05) is 12.3 Å². The molecule has 1 fully saturated rings. The Bertz CT molecular complexity index is 740. The van der Waals surface area contributed by atoms with Crippen molar-refractivity contribution in [1.82, 2.24) is 4.31 Å². The van der Waals surface area contributed by atoms with Crippen molar-refractivity contribution in [3.63, 3.8) is 0 Å². The molecule has 1 aliphatic rings. The molecule has 0 saturated carbocycles. The van der Waals surface area contributed by atoms with Crippen molar-refractivity contribution in [3.05, 3.63) is 24.3 Å². The Morgan fingerprint density at radius 3 is 2.22 bits per heavy atom. The monoisotopic (exact) mass is 360 g/mol. The van der Waals surface area contributed by atoms with Gasteiger partial charge in [-0.1, -0.05) is 13.3 Å². The lowest BCUT2D eigenvalue weighted by atomic mass is 10.00. The number of sulfone groups is 1. The van der Waals surface area contributed by atoms with Crippen LogP contribution in [0.25, 0.3) is 0 Å². The third kappa shape index (κ3) is 3.76. The van der Waals surface area contributed by atoms with Gasteiger partial charge in [-0.05, 0) is 44.0 Å². The maximum absolute atomic E-state index is 12.9. The fourth-order valence-corrected chi connectivity index (χ4v) is 5.53. The molecule has 130 valence electrons. The van der Waals surface area contributed by atoms with Gasteiger partial charge in [-0.15, -0.1) is 0 Å². The highest BCUT2D eigenvalue weighted by Crippen LogP contribution is 2.27. The molecule has 0 amide bonds. The molecule has 0 aromatic heterocycles. The number of hydrogen-bond acceptors (Lipinski definition) is 5. The molecule has 1 aromatic rings. The number of nitrogens with zero attached hydrogens (tertiary/aromatic N) is 1. The Hall–Kier alpha value is -0.960. The average molecular weight is 361 g/mol. The average Bonchev–Trinajstić information content (AvgIpc) is 2.55.